The van der Waals surface area contributed by atoms with Crippen LogP contribution in [0.15, 0.2) is 60.9 Å². The van der Waals surface area contributed by atoms with Crippen molar-refractivity contribution in [3.8, 4) is 22.8 Å². The number of nitrogens with zero attached hydrogens (tertiary/aromatic N) is 3. The van der Waals surface area contributed by atoms with Gasteiger partial charge in [-0.25, -0.2) is 4.98 Å². The molecule has 0 saturated carbocycles. The lowest BCUT2D eigenvalue weighted by atomic mass is 10.1. The lowest BCUT2D eigenvalue weighted by molar-refractivity contribution is 0.174. The Morgan fingerprint density at radius 2 is 2.03 bits per heavy atom. The summed E-state index contributed by atoms with van der Waals surface area (Å²) in [6.45, 7) is 5.32. The maximum atomic E-state index is 5.76. The molecule has 2 N–H and O–H groups in total. The standard InChI is InChI=1S/C26H25N5O2/c1-16(2)20-14-29-31-24(27-11-10-17-13-28-21-8-4-3-6-18(17)21)12-22(30-26(20)31)19-7-5-9-23-25(19)33-15-32-23/h3-9,12-14,16,27-28H,10-11,15H2,1-2H3. The van der Waals surface area contributed by atoms with E-state index in [4.69, 9.17) is 14.5 Å². The highest BCUT2D eigenvalue weighted by atomic mass is 16.7. The molecule has 0 saturated heterocycles. The number of anilines is 1. The Labute approximate surface area is 191 Å². The van der Waals surface area contributed by atoms with Crippen LogP contribution in [0.3, 0.4) is 0 Å². The quantitative estimate of drug-likeness (QED) is 0.371. The molecular formula is C26H25N5O2. The van der Waals surface area contributed by atoms with Gasteiger partial charge in [0.25, 0.3) is 0 Å². The summed E-state index contributed by atoms with van der Waals surface area (Å²) in [7, 11) is 0. The number of aromatic nitrogens is 4. The van der Waals surface area contributed by atoms with Crippen LogP contribution >= 0.6 is 0 Å². The third-order valence-electron chi connectivity index (χ3n) is 6.17. The van der Waals surface area contributed by atoms with Crippen LogP contribution in [-0.4, -0.2) is 32.9 Å². The molecule has 33 heavy (non-hydrogen) atoms. The van der Waals surface area contributed by atoms with E-state index in [1.165, 1.54) is 10.9 Å². The average molecular weight is 440 g/mol. The van der Waals surface area contributed by atoms with E-state index in [1.807, 2.05) is 35.0 Å². The van der Waals surface area contributed by atoms with Crippen LogP contribution in [0.2, 0.25) is 0 Å². The Morgan fingerprint density at radius 1 is 1.12 bits per heavy atom. The molecule has 1 aliphatic heterocycles. The first-order valence-electron chi connectivity index (χ1n) is 11.3. The van der Waals surface area contributed by atoms with E-state index >= 15 is 0 Å². The summed E-state index contributed by atoms with van der Waals surface area (Å²) in [6, 6.07) is 16.3. The molecule has 2 aromatic carbocycles. The van der Waals surface area contributed by atoms with Crippen LogP contribution in [0.25, 0.3) is 27.8 Å². The Hall–Kier alpha value is -4.00. The molecule has 1 aliphatic rings. The minimum atomic E-state index is 0.230. The van der Waals surface area contributed by atoms with Crippen LogP contribution in [0.4, 0.5) is 5.82 Å². The lowest BCUT2D eigenvalue weighted by Crippen LogP contribution is -2.10. The number of para-hydroxylation sites is 2. The molecule has 0 aliphatic carbocycles. The lowest BCUT2D eigenvalue weighted by Gasteiger charge is -2.13. The molecule has 0 spiro atoms. The molecule has 5 aromatic rings. The monoisotopic (exact) mass is 439 g/mol. The Kier molecular flexibility index (Phi) is 4.68. The normalized spacial score (nSPS) is 12.8. The van der Waals surface area contributed by atoms with Crippen LogP contribution in [-0.2, 0) is 6.42 Å². The number of aromatic amines is 1. The summed E-state index contributed by atoms with van der Waals surface area (Å²) in [5, 5.41) is 9.50. The van der Waals surface area contributed by atoms with Crippen molar-refractivity contribution in [1.29, 1.82) is 0 Å². The van der Waals surface area contributed by atoms with Gasteiger partial charge in [-0.3, -0.25) is 0 Å². The van der Waals surface area contributed by atoms with Gasteiger partial charge >= 0.3 is 0 Å². The second kappa shape index (κ2) is 7.85. The Bertz CT molecular complexity index is 1470. The number of rotatable bonds is 6. The highest BCUT2D eigenvalue weighted by molar-refractivity contribution is 5.83. The summed E-state index contributed by atoms with van der Waals surface area (Å²) in [5.74, 6) is 2.70. The summed E-state index contributed by atoms with van der Waals surface area (Å²) >= 11 is 0. The fourth-order valence-electron chi connectivity index (χ4n) is 4.45. The van der Waals surface area contributed by atoms with Crippen molar-refractivity contribution in [3.63, 3.8) is 0 Å². The molecule has 0 unspecified atom stereocenters. The topological polar surface area (TPSA) is 76.5 Å². The summed E-state index contributed by atoms with van der Waals surface area (Å²) in [5.41, 5.74) is 6.17. The second-order valence-electron chi connectivity index (χ2n) is 8.59. The highest BCUT2D eigenvalue weighted by Crippen LogP contribution is 2.41. The number of benzene rings is 2. The van der Waals surface area contributed by atoms with E-state index in [9.17, 15) is 0 Å². The van der Waals surface area contributed by atoms with E-state index < -0.39 is 0 Å². The number of ether oxygens (including phenoxy) is 2. The van der Waals surface area contributed by atoms with Gasteiger partial charge in [-0.05, 0) is 36.1 Å². The zero-order chi connectivity index (χ0) is 22.4. The molecule has 0 radical (unpaired) electrons. The maximum absolute atomic E-state index is 5.76. The van der Waals surface area contributed by atoms with Crippen LogP contribution in [0.1, 0.15) is 30.9 Å². The highest BCUT2D eigenvalue weighted by Gasteiger charge is 2.21. The summed E-state index contributed by atoms with van der Waals surface area (Å²) in [4.78, 5) is 8.34. The van der Waals surface area contributed by atoms with Crippen LogP contribution in [0.5, 0.6) is 11.5 Å². The van der Waals surface area contributed by atoms with Gasteiger partial charge in [0.05, 0.1) is 11.9 Å². The molecule has 7 nitrogen and oxygen atoms in total. The van der Waals surface area contributed by atoms with E-state index in [1.54, 1.807) is 0 Å². The van der Waals surface area contributed by atoms with Crippen molar-refractivity contribution in [3.05, 3.63) is 72.1 Å². The predicted molar refractivity (Wildman–Crippen MR) is 129 cm³/mol. The van der Waals surface area contributed by atoms with Crippen LogP contribution < -0.4 is 14.8 Å². The van der Waals surface area contributed by atoms with Gasteiger partial charge in [0, 0.05) is 40.8 Å². The van der Waals surface area contributed by atoms with E-state index in [0.29, 0.717) is 5.92 Å². The van der Waals surface area contributed by atoms with Crippen molar-refractivity contribution in [1.82, 2.24) is 19.6 Å². The number of H-pyrrole nitrogens is 1. The fourth-order valence-corrected chi connectivity index (χ4v) is 4.45. The SMILES string of the molecule is CC(C)c1cnn2c(NCCc3c[nH]c4ccccc34)cc(-c3cccc4c3OCO4)nc12. The van der Waals surface area contributed by atoms with Crippen molar-refractivity contribution in [2.75, 3.05) is 18.7 Å². The second-order valence-corrected chi connectivity index (χ2v) is 8.59. The zero-order valence-electron chi connectivity index (χ0n) is 18.6. The van der Waals surface area contributed by atoms with Gasteiger partial charge in [0.1, 0.15) is 5.82 Å². The van der Waals surface area contributed by atoms with Gasteiger partial charge in [0.15, 0.2) is 17.1 Å². The van der Waals surface area contributed by atoms with Gasteiger partial charge in [-0.1, -0.05) is 38.1 Å². The molecule has 0 fully saturated rings. The first kappa shape index (κ1) is 19.7. The van der Waals surface area contributed by atoms with Crippen molar-refractivity contribution >= 4 is 22.4 Å². The largest absolute Gasteiger partial charge is 0.454 e. The van der Waals surface area contributed by atoms with Crippen molar-refractivity contribution in [2.45, 2.75) is 26.2 Å². The maximum Gasteiger partial charge on any atom is 0.231 e. The molecule has 4 heterocycles. The number of hydrogen-bond acceptors (Lipinski definition) is 5. The average Bonchev–Trinajstić information content (AvgIpc) is 3.57. The van der Waals surface area contributed by atoms with Crippen LogP contribution in [0, 0.1) is 0 Å². The zero-order valence-corrected chi connectivity index (χ0v) is 18.6. The summed E-state index contributed by atoms with van der Waals surface area (Å²) < 4.78 is 13.2. The molecule has 6 rings (SSSR count). The molecular weight excluding hydrogens is 414 g/mol. The third kappa shape index (κ3) is 3.36. The molecule has 3 aromatic heterocycles. The minimum Gasteiger partial charge on any atom is -0.454 e. The number of fused-ring (bicyclic) bond motifs is 3. The Morgan fingerprint density at radius 3 is 2.94 bits per heavy atom. The van der Waals surface area contributed by atoms with E-state index in [2.05, 4.69) is 59.7 Å². The van der Waals surface area contributed by atoms with E-state index in [-0.39, 0.29) is 6.79 Å². The molecule has 0 atom stereocenters. The van der Waals surface area contributed by atoms with Crippen molar-refractivity contribution in [2.24, 2.45) is 0 Å². The van der Waals surface area contributed by atoms with E-state index in [0.717, 1.165) is 58.3 Å². The Balaban J connectivity index is 1.37. The third-order valence-corrected chi connectivity index (χ3v) is 6.17. The first-order valence-corrected chi connectivity index (χ1v) is 11.3. The first-order chi connectivity index (χ1) is 16.2. The minimum absolute atomic E-state index is 0.230. The predicted octanol–water partition coefficient (Wildman–Crippen LogP) is 5.38. The van der Waals surface area contributed by atoms with Gasteiger partial charge in [-0.2, -0.15) is 9.61 Å². The fraction of sp³-hybridized carbons (Fsp3) is 0.231. The molecule has 166 valence electrons. The van der Waals surface area contributed by atoms with Gasteiger partial charge < -0.3 is 19.8 Å². The number of hydrogen-bond donors (Lipinski definition) is 2. The molecule has 7 heteroatoms. The van der Waals surface area contributed by atoms with Crippen molar-refractivity contribution < 1.29 is 9.47 Å². The van der Waals surface area contributed by atoms with Gasteiger partial charge in [0.2, 0.25) is 6.79 Å². The number of nitrogens with one attached hydrogen (secondary N) is 2. The summed E-state index contributed by atoms with van der Waals surface area (Å²) in [6.07, 6.45) is 4.89. The molecule has 0 amide bonds. The molecule has 0 bridgehead atoms. The van der Waals surface area contributed by atoms with Gasteiger partial charge in [-0.15, -0.1) is 0 Å². The smallest absolute Gasteiger partial charge is 0.231 e.